The predicted molar refractivity (Wildman–Crippen MR) is 228 cm³/mol. The van der Waals surface area contributed by atoms with Crippen molar-refractivity contribution in [2.24, 2.45) is 5.92 Å². The maximum absolute atomic E-state index is 14.3. The molecule has 336 valence electrons. The first-order valence-electron chi connectivity index (χ1n) is 20.9. The van der Waals surface area contributed by atoms with Gasteiger partial charge in [-0.2, -0.15) is 0 Å². The first kappa shape index (κ1) is 44.0. The molecule has 64 heavy (non-hydrogen) atoms. The molecular weight excluding hydrogens is 831 g/mol. The van der Waals surface area contributed by atoms with Crippen LogP contribution >= 0.6 is 0 Å². The van der Waals surface area contributed by atoms with Crippen LogP contribution in [0.2, 0.25) is 0 Å². The topological polar surface area (TPSA) is 255 Å². The van der Waals surface area contributed by atoms with Gasteiger partial charge in [-0.3, -0.25) is 9.59 Å². The van der Waals surface area contributed by atoms with Crippen LogP contribution in [0, 0.1) is 5.92 Å². The molecule has 0 unspecified atom stereocenters. The number of cyclic esters (lactones) is 1. The molecule has 0 spiro atoms. The number of rotatable bonds is 13. The van der Waals surface area contributed by atoms with Crippen LogP contribution in [0.25, 0.3) is 22.3 Å². The number of ether oxygens (including phenoxy) is 5. The number of benzene rings is 2. The summed E-state index contributed by atoms with van der Waals surface area (Å²) in [6, 6.07) is 14.0. The van der Waals surface area contributed by atoms with Gasteiger partial charge >= 0.3 is 18.0 Å². The highest BCUT2D eigenvalue weighted by molar-refractivity contribution is 5.96. The van der Waals surface area contributed by atoms with Crippen molar-refractivity contribution in [2.45, 2.75) is 102 Å². The Morgan fingerprint density at radius 3 is 2.52 bits per heavy atom. The quantitative estimate of drug-likeness (QED) is 0.0913. The van der Waals surface area contributed by atoms with Gasteiger partial charge in [0.25, 0.3) is 5.56 Å². The van der Waals surface area contributed by atoms with E-state index in [0.717, 1.165) is 16.5 Å². The van der Waals surface area contributed by atoms with Gasteiger partial charge in [0.2, 0.25) is 17.8 Å². The van der Waals surface area contributed by atoms with E-state index >= 15 is 0 Å². The minimum absolute atomic E-state index is 0.0519. The number of fused-ring (bicyclic) bond motifs is 5. The Labute approximate surface area is 366 Å². The molecule has 1 saturated heterocycles. The molecule has 8 rings (SSSR count). The molecule has 1 fully saturated rings. The normalized spacial score (nSPS) is 23.2. The Morgan fingerprint density at radius 2 is 1.81 bits per heavy atom. The fourth-order valence-electron chi connectivity index (χ4n) is 8.34. The van der Waals surface area contributed by atoms with Gasteiger partial charge < -0.3 is 59.4 Å². The molecule has 19 heteroatoms. The molecule has 8 atom stereocenters. The number of nitrogens with zero attached hydrogens (tertiary/aromatic N) is 3. The summed E-state index contributed by atoms with van der Waals surface area (Å²) in [6.07, 6.45) is -2.32. The fraction of sp³-hybridized carbons (Fsp3) is 0.400. The number of esters is 2. The number of carbonyl (C=O) groups is 4. The number of urea groups is 1. The van der Waals surface area contributed by atoms with Gasteiger partial charge in [-0.05, 0) is 61.7 Å². The van der Waals surface area contributed by atoms with Crippen molar-refractivity contribution in [2.75, 3.05) is 12.4 Å². The van der Waals surface area contributed by atoms with Gasteiger partial charge in [0.05, 0.1) is 41.4 Å². The lowest BCUT2D eigenvalue weighted by molar-refractivity contribution is -0.272. The summed E-state index contributed by atoms with van der Waals surface area (Å²) in [6.45, 7) is 6.58. The second-order valence-corrected chi connectivity index (χ2v) is 16.4. The molecule has 0 saturated carbocycles. The zero-order valence-corrected chi connectivity index (χ0v) is 35.7. The summed E-state index contributed by atoms with van der Waals surface area (Å²) < 4.78 is 29.9. The van der Waals surface area contributed by atoms with Crippen LogP contribution in [0.1, 0.15) is 56.5 Å². The minimum atomic E-state index is -2.03. The van der Waals surface area contributed by atoms with E-state index in [1.54, 1.807) is 38.3 Å². The molecule has 3 amide bonds. The smallest absolute Gasteiger partial charge is 0.355 e. The van der Waals surface area contributed by atoms with E-state index in [9.17, 15) is 34.2 Å². The van der Waals surface area contributed by atoms with Gasteiger partial charge in [-0.25, -0.2) is 24.4 Å². The molecule has 0 bridgehead atoms. The number of para-hydroxylation sites is 1. The van der Waals surface area contributed by atoms with Crippen LogP contribution in [-0.4, -0.2) is 104 Å². The Balaban J connectivity index is 0.986. The van der Waals surface area contributed by atoms with Crippen molar-refractivity contribution in [3.8, 4) is 17.1 Å². The summed E-state index contributed by atoms with van der Waals surface area (Å²) >= 11 is 0. The van der Waals surface area contributed by atoms with Gasteiger partial charge in [0, 0.05) is 47.6 Å². The number of hydrogen-bond donors (Lipinski definition) is 6. The number of aromatic amines is 1. The molecular formula is C45H49N7O12. The number of aliphatic hydroxyl groups is 2. The van der Waals surface area contributed by atoms with E-state index in [4.69, 9.17) is 28.7 Å². The van der Waals surface area contributed by atoms with E-state index in [1.807, 2.05) is 30.3 Å². The monoisotopic (exact) mass is 879 g/mol. The number of nitrogens with one attached hydrogen (secondary N) is 4. The number of H-pyrrole nitrogens is 1. The summed E-state index contributed by atoms with van der Waals surface area (Å²) in [5, 5.41) is 29.9. The standard InChI is InChI=1S/C45H49N7O12/c1-6-45(30-17-33-35-25(15-24-9-7-8-10-31(24)49-35)19-52(33)40(56)29(30)20-61-43(45)58)64-41(57)34(22(2)3)51-39(55)32(16-27-18-46-21-47-27)50-44(59)48-26-11-13-28(14-12-26)63-42-37(54)38(60-5)36(53)23(4)62-42/h7-15,17-18,21-23,32,34,36-38,42,53-54H,6,16,19-20H2,1-5H3,(H,46,47)(H,51,55)(H2,48,50,59)/t23-,32-,34-,36+,37-,38+,42+,45-/m0/s1. The maximum atomic E-state index is 14.3. The van der Waals surface area contributed by atoms with E-state index in [1.165, 1.54) is 43.9 Å². The molecule has 0 radical (unpaired) electrons. The summed E-state index contributed by atoms with van der Waals surface area (Å²) in [7, 11) is 1.36. The van der Waals surface area contributed by atoms with Crippen LogP contribution in [-0.2, 0) is 58.5 Å². The molecule has 3 aromatic heterocycles. The zero-order valence-electron chi connectivity index (χ0n) is 35.7. The van der Waals surface area contributed by atoms with Gasteiger partial charge in [0.1, 0.15) is 42.8 Å². The average molecular weight is 880 g/mol. The average Bonchev–Trinajstić information content (AvgIpc) is 3.93. The van der Waals surface area contributed by atoms with Crippen molar-refractivity contribution in [3.05, 3.63) is 106 Å². The van der Waals surface area contributed by atoms with Gasteiger partial charge in [-0.1, -0.05) is 39.0 Å². The number of aromatic nitrogens is 4. The molecule has 3 aliphatic heterocycles. The number of imidazole rings is 1. The number of anilines is 1. The number of carbonyl (C=O) groups excluding carboxylic acids is 4. The second-order valence-electron chi connectivity index (χ2n) is 16.4. The highest BCUT2D eigenvalue weighted by Gasteiger charge is 2.52. The third-order valence-corrected chi connectivity index (χ3v) is 11.9. The first-order chi connectivity index (χ1) is 30.7. The summed E-state index contributed by atoms with van der Waals surface area (Å²) in [5.41, 5.74) is 1.37. The third-order valence-electron chi connectivity index (χ3n) is 11.9. The highest BCUT2D eigenvalue weighted by atomic mass is 16.7. The number of hydrogen-bond acceptors (Lipinski definition) is 14. The molecule has 2 aromatic carbocycles. The number of amides is 3. The number of aliphatic hydroxyl groups excluding tert-OH is 2. The lowest BCUT2D eigenvalue weighted by Gasteiger charge is -2.40. The Hall–Kier alpha value is -6.67. The lowest BCUT2D eigenvalue weighted by Crippen LogP contribution is -2.59. The van der Waals surface area contributed by atoms with Crippen molar-refractivity contribution in [1.82, 2.24) is 30.2 Å². The summed E-state index contributed by atoms with van der Waals surface area (Å²) in [4.78, 5) is 81.5. The van der Waals surface area contributed by atoms with Crippen LogP contribution in [0.4, 0.5) is 10.5 Å². The molecule has 3 aliphatic rings. The number of pyridine rings is 2. The van der Waals surface area contributed by atoms with Crippen molar-refractivity contribution >= 4 is 40.5 Å². The number of methoxy groups -OCH3 is 1. The van der Waals surface area contributed by atoms with Crippen LogP contribution < -0.4 is 26.2 Å². The lowest BCUT2D eigenvalue weighted by atomic mass is 9.85. The van der Waals surface area contributed by atoms with E-state index in [0.29, 0.717) is 28.5 Å². The van der Waals surface area contributed by atoms with Crippen LogP contribution in [0.15, 0.2) is 78.0 Å². The predicted octanol–water partition coefficient (Wildman–Crippen LogP) is 2.79. The minimum Gasteiger partial charge on any atom is -0.462 e. The SMILES string of the molecule is CC[C@@]1(OC(=O)[C@@H](NC(=O)[C@H](Cc2cnc[nH]2)NC(=O)Nc2ccc(O[C@H]3O[C@@H](C)[C@@H](O)[C@@H](OC)[C@@H]3O)cc2)C(C)C)C(=O)OCc2c1cc1n(c2=O)Cc2cc3ccccc3nc2-1. The Kier molecular flexibility index (Phi) is 12.3. The highest BCUT2D eigenvalue weighted by Crippen LogP contribution is 2.41. The fourth-order valence-corrected chi connectivity index (χ4v) is 8.34. The van der Waals surface area contributed by atoms with Gasteiger partial charge in [0.15, 0.2) is 0 Å². The Bertz CT molecular complexity index is 2630. The van der Waals surface area contributed by atoms with E-state index < -0.39 is 83.7 Å². The second kappa shape index (κ2) is 17.8. The molecule has 5 aromatic rings. The van der Waals surface area contributed by atoms with Crippen LogP contribution in [0.5, 0.6) is 5.75 Å². The van der Waals surface area contributed by atoms with E-state index in [2.05, 4.69) is 25.9 Å². The zero-order chi connectivity index (χ0) is 45.4. The van der Waals surface area contributed by atoms with Gasteiger partial charge in [-0.15, -0.1) is 0 Å². The van der Waals surface area contributed by atoms with Crippen molar-refractivity contribution in [3.63, 3.8) is 0 Å². The molecule has 0 aliphatic carbocycles. The maximum Gasteiger partial charge on any atom is 0.355 e. The largest absolute Gasteiger partial charge is 0.462 e. The summed E-state index contributed by atoms with van der Waals surface area (Å²) in [5.74, 6) is -2.84. The Morgan fingerprint density at radius 1 is 1.05 bits per heavy atom. The third kappa shape index (κ3) is 8.29. The van der Waals surface area contributed by atoms with Crippen molar-refractivity contribution in [1.29, 1.82) is 0 Å². The molecule has 6 N–H and O–H groups in total. The van der Waals surface area contributed by atoms with Crippen molar-refractivity contribution < 1.29 is 53.1 Å². The van der Waals surface area contributed by atoms with E-state index in [-0.39, 0.29) is 37.1 Å². The first-order valence-corrected chi connectivity index (χ1v) is 20.9. The molecule has 6 heterocycles. The van der Waals surface area contributed by atoms with Crippen LogP contribution in [0.3, 0.4) is 0 Å². The molecule has 19 nitrogen and oxygen atoms in total.